The molecule has 0 atom stereocenters. The van der Waals surface area contributed by atoms with E-state index >= 15 is 0 Å². The molecule has 0 heterocycles. The predicted octanol–water partition coefficient (Wildman–Crippen LogP) is 6.06. The summed E-state index contributed by atoms with van der Waals surface area (Å²) in [6.45, 7) is 15.7. The molecule has 0 aliphatic rings. The average Bonchev–Trinajstić information content (AvgIpc) is 2.47. The molecule has 0 saturated heterocycles. The van der Waals surface area contributed by atoms with Crippen LogP contribution in [0.25, 0.3) is 0 Å². The van der Waals surface area contributed by atoms with Gasteiger partial charge in [-0.15, -0.1) is 0 Å². The monoisotopic (exact) mass is 281 g/mol. The minimum atomic E-state index is 1.05. The van der Waals surface area contributed by atoms with Crippen molar-refractivity contribution in [2.24, 2.45) is 0 Å². The summed E-state index contributed by atoms with van der Waals surface area (Å²) in [5, 5.41) is 0. The van der Waals surface area contributed by atoms with Crippen molar-refractivity contribution in [2.45, 2.75) is 27.7 Å². The molecule has 112 valence electrons. The van der Waals surface area contributed by atoms with Crippen LogP contribution in [0.4, 0.5) is 0 Å². The first-order valence-corrected chi connectivity index (χ1v) is 7.20. The van der Waals surface area contributed by atoms with Crippen LogP contribution in [-0.2, 0) is 0 Å². The molecule has 0 radical (unpaired) electrons. The molecule has 0 bridgehead atoms. The molecule has 0 aromatic rings. The number of nitrogens with zero attached hydrogens (tertiary/aromatic N) is 1. The number of allylic oxidation sites excluding steroid dienone is 11. The van der Waals surface area contributed by atoms with E-state index in [1.165, 1.54) is 0 Å². The van der Waals surface area contributed by atoms with Crippen molar-refractivity contribution in [3.63, 3.8) is 0 Å². The fraction of sp³-hybridized carbons (Fsp3) is 0.200. The lowest BCUT2D eigenvalue weighted by atomic mass is 10.2. The van der Waals surface area contributed by atoms with Crippen LogP contribution in [0.15, 0.2) is 97.1 Å². The topological polar surface area (TPSA) is 3.24 Å². The molecule has 21 heavy (non-hydrogen) atoms. The van der Waals surface area contributed by atoms with Crippen LogP contribution in [0.5, 0.6) is 0 Å². The Hall–Kier alpha value is -2.28. The van der Waals surface area contributed by atoms with Gasteiger partial charge in [0.15, 0.2) is 0 Å². The Morgan fingerprint density at radius 2 is 1.05 bits per heavy atom. The van der Waals surface area contributed by atoms with E-state index in [4.69, 9.17) is 0 Å². The maximum Gasteiger partial charge on any atom is 0.0457 e. The molecule has 1 heteroatoms. The van der Waals surface area contributed by atoms with Gasteiger partial charge in [0.2, 0.25) is 0 Å². The van der Waals surface area contributed by atoms with E-state index in [1.807, 2.05) is 58.1 Å². The molecule has 0 aromatic heterocycles. The van der Waals surface area contributed by atoms with E-state index < -0.39 is 0 Å². The lowest BCUT2D eigenvalue weighted by Crippen LogP contribution is -2.19. The Morgan fingerprint density at radius 3 is 1.33 bits per heavy atom. The molecule has 0 aliphatic carbocycles. The zero-order valence-corrected chi connectivity index (χ0v) is 13.7. The van der Waals surface area contributed by atoms with Crippen molar-refractivity contribution in [3.05, 3.63) is 97.1 Å². The SMILES string of the molecule is C=C/C=C(\C=C/C)N(C(/C=C\C)=C/C)C(/C=C\C)=C/C=C. The van der Waals surface area contributed by atoms with Gasteiger partial charge in [-0.25, -0.2) is 0 Å². The van der Waals surface area contributed by atoms with Crippen LogP contribution in [0, 0.1) is 0 Å². The molecule has 0 unspecified atom stereocenters. The quantitative estimate of drug-likeness (QED) is 0.489. The normalized spacial score (nSPS) is 14.4. The standard InChI is InChI=1S/C20H27N/c1-7-13-18(12-6)21(19(14-8-2)15-9-3)20(16-10-4)17-11-5/h7-17H,2,4H2,1,3,5-6H3/b13-7-,15-9-,17-11-,18-12+,19-14+,20-16+. The van der Waals surface area contributed by atoms with E-state index in [9.17, 15) is 0 Å². The van der Waals surface area contributed by atoms with Crippen LogP contribution in [0.3, 0.4) is 0 Å². The summed E-state index contributed by atoms with van der Waals surface area (Å²) in [5.74, 6) is 0. The Morgan fingerprint density at radius 1 is 0.667 bits per heavy atom. The molecule has 0 fully saturated rings. The maximum absolute atomic E-state index is 3.82. The molecule has 0 spiro atoms. The zero-order chi connectivity index (χ0) is 16.1. The molecular formula is C20H27N. The largest absolute Gasteiger partial charge is 0.311 e. The smallest absolute Gasteiger partial charge is 0.0457 e. The lowest BCUT2D eigenvalue weighted by molar-refractivity contribution is 0.576. The molecular weight excluding hydrogens is 254 g/mol. The minimum Gasteiger partial charge on any atom is -0.311 e. The van der Waals surface area contributed by atoms with Crippen molar-refractivity contribution in [1.29, 1.82) is 0 Å². The van der Waals surface area contributed by atoms with E-state index in [1.54, 1.807) is 12.2 Å². The fourth-order valence-electron chi connectivity index (χ4n) is 1.91. The average molecular weight is 281 g/mol. The summed E-state index contributed by atoms with van der Waals surface area (Å²) in [6, 6.07) is 0. The van der Waals surface area contributed by atoms with Gasteiger partial charge in [0.25, 0.3) is 0 Å². The molecule has 1 nitrogen and oxygen atoms in total. The molecule has 0 N–H and O–H groups in total. The third-order valence-corrected chi connectivity index (χ3v) is 2.66. The van der Waals surface area contributed by atoms with Crippen LogP contribution < -0.4 is 0 Å². The second-order valence-electron chi connectivity index (χ2n) is 4.20. The van der Waals surface area contributed by atoms with Crippen molar-refractivity contribution in [2.75, 3.05) is 0 Å². The summed E-state index contributed by atoms with van der Waals surface area (Å²) in [7, 11) is 0. The summed E-state index contributed by atoms with van der Waals surface area (Å²) in [4.78, 5) is 2.17. The Balaban J connectivity index is 6.21. The summed E-state index contributed by atoms with van der Waals surface area (Å²) in [6.07, 6.45) is 22.0. The van der Waals surface area contributed by atoms with E-state index in [-0.39, 0.29) is 0 Å². The first-order chi connectivity index (χ1) is 10.2. The summed E-state index contributed by atoms with van der Waals surface area (Å²) in [5.41, 5.74) is 3.18. The predicted molar refractivity (Wildman–Crippen MR) is 96.6 cm³/mol. The van der Waals surface area contributed by atoms with Gasteiger partial charge in [0.05, 0.1) is 0 Å². The second kappa shape index (κ2) is 11.5. The van der Waals surface area contributed by atoms with Gasteiger partial charge in [-0.05, 0) is 58.1 Å². The van der Waals surface area contributed by atoms with Crippen molar-refractivity contribution in [1.82, 2.24) is 4.90 Å². The van der Waals surface area contributed by atoms with Crippen molar-refractivity contribution >= 4 is 0 Å². The van der Waals surface area contributed by atoms with Crippen LogP contribution in [0.2, 0.25) is 0 Å². The molecule has 0 amide bonds. The van der Waals surface area contributed by atoms with Gasteiger partial charge in [-0.1, -0.05) is 49.6 Å². The Bertz CT molecular complexity index is 474. The molecule has 0 aromatic carbocycles. The van der Waals surface area contributed by atoms with E-state index in [0.717, 1.165) is 17.1 Å². The van der Waals surface area contributed by atoms with Gasteiger partial charge in [0, 0.05) is 17.1 Å². The van der Waals surface area contributed by atoms with Gasteiger partial charge >= 0.3 is 0 Å². The van der Waals surface area contributed by atoms with Crippen LogP contribution in [-0.4, -0.2) is 4.90 Å². The number of hydrogen-bond acceptors (Lipinski definition) is 1. The second-order valence-corrected chi connectivity index (χ2v) is 4.20. The summed E-state index contributed by atoms with van der Waals surface area (Å²) < 4.78 is 0. The fourth-order valence-corrected chi connectivity index (χ4v) is 1.91. The Kier molecular flexibility index (Phi) is 10.3. The highest BCUT2D eigenvalue weighted by atomic mass is 15.2. The first-order valence-electron chi connectivity index (χ1n) is 7.20. The molecule has 0 saturated carbocycles. The first kappa shape index (κ1) is 18.7. The highest BCUT2D eigenvalue weighted by Gasteiger charge is 2.12. The minimum absolute atomic E-state index is 1.05. The third-order valence-electron chi connectivity index (χ3n) is 2.66. The highest BCUT2D eigenvalue weighted by molar-refractivity contribution is 5.40. The van der Waals surface area contributed by atoms with Gasteiger partial charge in [-0.3, -0.25) is 0 Å². The van der Waals surface area contributed by atoms with Crippen LogP contribution in [0.1, 0.15) is 27.7 Å². The number of hydrogen-bond donors (Lipinski definition) is 0. The van der Waals surface area contributed by atoms with Crippen molar-refractivity contribution in [3.8, 4) is 0 Å². The lowest BCUT2D eigenvalue weighted by Gasteiger charge is -2.28. The van der Waals surface area contributed by atoms with Gasteiger partial charge in [-0.2, -0.15) is 0 Å². The van der Waals surface area contributed by atoms with Crippen LogP contribution >= 0.6 is 0 Å². The third kappa shape index (κ3) is 6.13. The molecule has 0 aliphatic heterocycles. The van der Waals surface area contributed by atoms with Gasteiger partial charge < -0.3 is 4.90 Å². The van der Waals surface area contributed by atoms with Gasteiger partial charge in [0.1, 0.15) is 0 Å². The molecule has 0 rings (SSSR count). The maximum atomic E-state index is 3.82. The van der Waals surface area contributed by atoms with Crippen molar-refractivity contribution < 1.29 is 0 Å². The van der Waals surface area contributed by atoms with E-state index in [2.05, 4.69) is 42.4 Å². The van der Waals surface area contributed by atoms with E-state index in [0.29, 0.717) is 0 Å². The Labute approximate surface area is 130 Å². The zero-order valence-electron chi connectivity index (χ0n) is 13.7. The highest BCUT2D eigenvalue weighted by Crippen LogP contribution is 2.24. The summed E-state index contributed by atoms with van der Waals surface area (Å²) >= 11 is 0. The number of rotatable bonds is 8.